The number of aromatic nitrogens is 2. The molecule has 1 aromatic heterocycles. The Bertz CT molecular complexity index is 689. The van der Waals surface area contributed by atoms with Crippen LogP contribution >= 0.6 is 11.6 Å². The van der Waals surface area contributed by atoms with Gasteiger partial charge in [0.05, 0.1) is 12.7 Å². The maximum absolute atomic E-state index is 12.9. The van der Waals surface area contributed by atoms with Gasteiger partial charge in [-0.05, 0) is 6.07 Å². The van der Waals surface area contributed by atoms with Crippen molar-refractivity contribution < 1.29 is 22.7 Å². The van der Waals surface area contributed by atoms with E-state index in [1.54, 1.807) is 0 Å². The van der Waals surface area contributed by atoms with E-state index in [-0.39, 0.29) is 22.1 Å². The molecule has 0 aliphatic heterocycles. The monoisotopic (exact) mass is 316 g/mol. The quantitative estimate of drug-likeness (QED) is 0.627. The van der Waals surface area contributed by atoms with Crippen molar-refractivity contribution in [1.82, 2.24) is 9.97 Å². The molecule has 8 heteroatoms. The largest absolute Gasteiger partial charge is 0.465 e. The van der Waals surface area contributed by atoms with E-state index in [2.05, 4.69) is 14.7 Å². The fraction of sp³-hybridized carbons (Fsp3) is 0.154. The van der Waals surface area contributed by atoms with E-state index >= 15 is 0 Å². The Morgan fingerprint density at radius 3 is 2.52 bits per heavy atom. The molecule has 0 bridgehead atoms. The van der Waals surface area contributed by atoms with Crippen LogP contribution in [0.1, 0.15) is 15.9 Å². The predicted octanol–water partition coefficient (Wildman–Crippen LogP) is 3.60. The second-order valence-corrected chi connectivity index (χ2v) is 4.29. The Morgan fingerprint density at radius 1 is 1.29 bits per heavy atom. The first-order valence-corrected chi connectivity index (χ1v) is 6.00. The molecule has 0 saturated heterocycles. The van der Waals surface area contributed by atoms with Gasteiger partial charge in [-0.2, -0.15) is 13.2 Å². The molecule has 2 aromatic rings. The minimum Gasteiger partial charge on any atom is -0.465 e. The summed E-state index contributed by atoms with van der Waals surface area (Å²) < 4.78 is 43.3. The number of nitrogens with zero attached hydrogens (tertiary/aromatic N) is 2. The van der Waals surface area contributed by atoms with E-state index in [4.69, 9.17) is 11.6 Å². The lowest BCUT2D eigenvalue weighted by Crippen LogP contribution is -2.09. The number of hydrogen-bond donors (Lipinski definition) is 0. The van der Waals surface area contributed by atoms with Crippen molar-refractivity contribution in [2.45, 2.75) is 6.18 Å². The van der Waals surface area contributed by atoms with Crippen molar-refractivity contribution in [1.29, 1.82) is 0 Å². The van der Waals surface area contributed by atoms with Crippen molar-refractivity contribution in [2.75, 3.05) is 7.11 Å². The molecule has 0 spiro atoms. The Morgan fingerprint density at radius 2 is 1.95 bits per heavy atom. The molecule has 0 atom stereocenters. The first-order valence-electron chi connectivity index (χ1n) is 5.62. The topological polar surface area (TPSA) is 52.1 Å². The van der Waals surface area contributed by atoms with Gasteiger partial charge in [-0.1, -0.05) is 29.8 Å². The van der Waals surface area contributed by atoms with Gasteiger partial charge in [-0.15, -0.1) is 0 Å². The highest BCUT2D eigenvalue weighted by Gasteiger charge is 2.34. The van der Waals surface area contributed by atoms with E-state index in [9.17, 15) is 18.0 Å². The van der Waals surface area contributed by atoms with Crippen LogP contribution in [0.2, 0.25) is 5.15 Å². The number of rotatable bonds is 2. The van der Waals surface area contributed by atoms with Gasteiger partial charge in [-0.3, -0.25) is 0 Å². The molecule has 0 N–H and O–H groups in total. The van der Waals surface area contributed by atoms with Crippen LogP contribution in [0.15, 0.2) is 30.5 Å². The lowest BCUT2D eigenvalue weighted by molar-refractivity contribution is -0.137. The van der Waals surface area contributed by atoms with Gasteiger partial charge in [0.15, 0.2) is 5.82 Å². The van der Waals surface area contributed by atoms with Gasteiger partial charge in [0.1, 0.15) is 10.7 Å². The number of carbonyl (C=O) groups is 1. The van der Waals surface area contributed by atoms with Crippen molar-refractivity contribution in [3.63, 3.8) is 0 Å². The normalized spacial score (nSPS) is 11.3. The van der Waals surface area contributed by atoms with Crippen LogP contribution in [0.4, 0.5) is 13.2 Å². The Balaban J connectivity index is 2.54. The zero-order valence-electron chi connectivity index (χ0n) is 10.6. The Kier molecular flexibility index (Phi) is 4.13. The third kappa shape index (κ3) is 3.13. The minimum absolute atomic E-state index is 0.118. The van der Waals surface area contributed by atoms with Gasteiger partial charge in [0.25, 0.3) is 0 Å². The van der Waals surface area contributed by atoms with Crippen LogP contribution < -0.4 is 0 Å². The SMILES string of the molecule is COC(=O)c1cnc(-c2ccccc2C(F)(F)F)nc1Cl. The molecule has 0 saturated carbocycles. The van der Waals surface area contributed by atoms with Crippen LogP contribution in [0, 0.1) is 0 Å². The lowest BCUT2D eigenvalue weighted by atomic mass is 10.1. The molecule has 0 fully saturated rings. The maximum Gasteiger partial charge on any atom is 0.417 e. The average Bonchev–Trinajstić information content (AvgIpc) is 2.45. The highest BCUT2D eigenvalue weighted by atomic mass is 35.5. The second-order valence-electron chi connectivity index (χ2n) is 3.93. The van der Waals surface area contributed by atoms with Gasteiger partial charge < -0.3 is 4.74 Å². The zero-order valence-corrected chi connectivity index (χ0v) is 11.4. The first kappa shape index (κ1) is 15.2. The fourth-order valence-corrected chi connectivity index (χ4v) is 1.87. The smallest absolute Gasteiger partial charge is 0.417 e. The summed E-state index contributed by atoms with van der Waals surface area (Å²) in [4.78, 5) is 18.8. The number of esters is 1. The minimum atomic E-state index is -4.55. The van der Waals surface area contributed by atoms with Crippen LogP contribution in [0.25, 0.3) is 11.4 Å². The third-order valence-electron chi connectivity index (χ3n) is 2.62. The fourth-order valence-electron chi connectivity index (χ4n) is 1.66. The van der Waals surface area contributed by atoms with Crippen molar-refractivity contribution in [2.24, 2.45) is 0 Å². The molecule has 1 heterocycles. The Hall–Kier alpha value is -2.15. The summed E-state index contributed by atoms with van der Waals surface area (Å²) in [5, 5.41) is -0.274. The van der Waals surface area contributed by atoms with E-state index < -0.39 is 17.7 Å². The molecule has 2 rings (SSSR count). The number of hydrogen-bond acceptors (Lipinski definition) is 4. The number of halogens is 4. The van der Waals surface area contributed by atoms with Crippen LogP contribution in [0.5, 0.6) is 0 Å². The van der Waals surface area contributed by atoms with Gasteiger partial charge in [-0.25, -0.2) is 14.8 Å². The predicted molar refractivity (Wildman–Crippen MR) is 68.8 cm³/mol. The molecule has 0 aliphatic rings. The molecule has 0 amide bonds. The molecule has 110 valence electrons. The first-order chi connectivity index (χ1) is 9.84. The maximum atomic E-state index is 12.9. The highest BCUT2D eigenvalue weighted by molar-refractivity contribution is 6.32. The second kappa shape index (κ2) is 5.69. The van der Waals surface area contributed by atoms with E-state index in [1.165, 1.54) is 18.2 Å². The summed E-state index contributed by atoms with van der Waals surface area (Å²) in [6.07, 6.45) is -3.52. The molecule has 21 heavy (non-hydrogen) atoms. The standard InChI is InChI=1S/C13H8ClF3N2O2/c1-21-12(20)8-6-18-11(19-10(8)14)7-4-2-3-5-9(7)13(15,16)17/h2-6H,1H3. The highest BCUT2D eigenvalue weighted by Crippen LogP contribution is 2.36. The molecule has 4 nitrogen and oxygen atoms in total. The van der Waals surface area contributed by atoms with Crippen LogP contribution in [0.3, 0.4) is 0 Å². The summed E-state index contributed by atoms with van der Waals surface area (Å²) in [5.74, 6) is -0.990. The molecular weight excluding hydrogens is 309 g/mol. The summed E-state index contributed by atoms with van der Waals surface area (Å²) >= 11 is 5.79. The van der Waals surface area contributed by atoms with Crippen LogP contribution in [-0.2, 0) is 10.9 Å². The van der Waals surface area contributed by atoms with Gasteiger partial charge in [0, 0.05) is 11.8 Å². The average molecular weight is 317 g/mol. The number of carbonyl (C=O) groups excluding carboxylic acids is 1. The summed E-state index contributed by atoms with van der Waals surface area (Å²) in [6, 6.07) is 4.83. The van der Waals surface area contributed by atoms with Gasteiger partial charge >= 0.3 is 12.1 Å². The van der Waals surface area contributed by atoms with Crippen molar-refractivity contribution >= 4 is 17.6 Å². The van der Waals surface area contributed by atoms with Crippen molar-refractivity contribution in [3.05, 3.63) is 46.7 Å². The summed E-state index contributed by atoms with van der Waals surface area (Å²) in [7, 11) is 1.14. The molecule has 1 aromatic carbocycles. The van der Waals surface area contributed by atoms with Crippen LogP contribution in [-0.4, -0.2) is 23.0 Å². The molecular formula is C13H8ClF3N2O2. The molecule has 0 unspecified atom stereocenters. The summed E-state index contributed by atoms with van der Waals surface area (Å²) in [6.45, 7) is 0. The number of alkyl halides is 3. The van der Waals surface area contributed by atoms with E-state index in [1.807, 2.05) is 0 Å². The molecule has 0 radical (unpaired) electrons. The lowest BCUT2D eigenvalue weighted by Gasteiger charge is -2.12. The summed E-state index contributed by atoms with van der Waals surface area (Å²) in [5.41, 5.74) is -1.22. The van der Waals surface area contributed by atoms with E-state index in [0.29, 0.717) is 0 Å². The zero-order chi connectivity index (χ0) is 15.6. The van der Waals surface area contributed by atoms with Crippen molar-refractivity contribution in [3.8, 4) is 11.4 Å². The number of benzene rings is 1. The number of ether oxygens (including phenoxy) is 1. The van der Waals surface area contributed by atoms with Gasteiger partial charge in [0.2, 0.25) is 0 Å². The molecule has 0 aliphatic carbocycles. The Labute approximate surface area is 122 Å². The van der Waals surface area contributed by atoms with E-state index in [0.717, 1.165) is 19.4 Å². The number of methoxy groups -OCH3 is 1. The third-order valence-corrected chi connectivity index (χ3v) is 2.91.